The minimum atomic E-state index is -0.237. The lowest BCUT2D eigenvalue weighted by Crippen LogP contribution is -2.47. The van der Waals surface area contributed by atoms with Crippen molar-refractivity contribution in [3.8, 4) is 16.9 Å². The van der Waals surface area contributed by atoms with Crippen LogP contribution in [-0.2, 0) is 11.2 Å². The van der Waals surface area contributed by atoms with Gasteiger partial charge >= 0.3 is 5.97 Å². The lowest BCUT2D eigenvalue weighted by molar-refractivity contribution is -0.156. The minimum Gasteiger partial charge on any atom is -0.426 e. The van der Waals surface area contributed by atoms with Crippen molar-refractivity contribution in [2.45, 2.75) is 104 Å². The third-order valence-corrected chi connectivity index (χ3v) is 8.57. The molecule has 0 amide bonds. The van der Waals surface area contributed by atoms with Crippen molar-refractivity contribution in [1.82, 2.24) is 0 Å². The first-order valence-corrected chi connectivity index (χ1v) is 13.5. The first-order chi connectivity index (χ1) is 16.1. The van der Waals surface area contributed by atoms with E-state index in [9.17, 15) is 4.79 Å². The molecule has 3 aliphatic rings. The number of fused-ring (bicyclic) bond motifs is 3. The zero-order valence-corrected chi connectivity index (χ0v) is 20.8. The van der Waals surface area contributed by atoms with E-state index >= 15 is 0 Å². The Bertz CT molecular complexity index is 869. The fourth-order valence-corrected chi connectivity index (χ4v) is 6.07. The Balaban J connectivity index is 1.32. The summed E-state index contributed by atoms with van der Waals surface area (Å²) in [6.45, 7) is 4.52. The van der Waals surface area contributed by atoms with Gasteiger partial charge in [-0.05, 0) is 92.0 Å². The predicted molar refractivity (Wildman–Crippen MR) is 137 cm³/mol. The monoisotopic (exact) mass is 446 g/mol. The van der Waals surface area contributed by atoms with Gasteiger partial charge in [0.05, 0.1) is 5.41 Å². The minimum absolute atomic E-state index is 0.00791. The molecule has 2 aromatic rings. The molecule has 0 heterocycles. The quantitative estimate of drug-likeness (QED) is 0.196. The van der Waals surface area contributed by atoms with Crippen molar-refractivity contribution in [3.05, 3.63) is 54.1 Å². The number of carbonyl (C=O) groups excluding carboxylic acids is 1. The van der Waals surface area contributed by atoms with Crippen LogP contribution in [0, 0.1) is 10.8 Å². The molecular formula is C31H42O2. The molecular weight excluding hydrogens is 404 g/mol. The molecule has 5 rings (SSSR count). The van der Waals surface area contributed by atoms with Crippen LogP contribution in [0.2, 0.25) is 0 Å². The Morgan fingerprint density at radius 3 is 1.85 bits per heavy atom. The number of hydrogen-bond acceptors (Lipinski definition) is 2. The number of rotatable bonds is 11. The van der Waals surface area contributed by atoms with E-state index in [1.165, 1.54) is 80.9 Å². The summed E-state index contributed by atoms with van der Waals surface area (Å²) in [6.07, 6.45) is 17.0. The molecule has 0 aromatic heterocycles. The number of esters is 1. The Morgan fingerprint density at radius 2 is 1.27 bits per heavy atom. The highest BCUT2D eigenvalue weighted by atomic mass is 16.5. The maximum absolute atomic E-state index is 13.2. The summed E-state index contributed by atoms with van der Waals surface area (Å²) in [4.78, 5) is 13.2. The Kier molecular flexibility index (Phi) is 7.94. The van der Waals surface area contributed by atoms with E-state index < -0.39 is 0 Å². The van der Waals surface area contributed by atoms with E-state index in [4.69, 9.17) is 4.74 Å². The van der Waals surface area contributed by atoms with E-state index in [0.29, 0.717) is 11.2 Å². The van der Waals surface area contributed by atoms with E-state index in [2.05, 4.69) is 50.2 Å². The molecule has 3 aliphatic carbocycles. The first kappa shape index (κ1) is 24.0. The maximum Gasteiger partial charge on any atom is 0.317 e. The van der Waals surface area contributed by atoms with Gasteiger partial charge in [0.25, 0.3) is 0 Å². The fourth-order valence-electron chi connectivity index (χ4n) is 6.07. The first-order valence-electron chi connectivity index (χ1n) is 13.5. The van der Waals surface area contributed by atoms with Crippen LogP contribution in [0.15, 0.2) is 48.5 Å². The van der Waals surface area contributed by atoms with Crippen molar-refractivity contribution in [1.29, 1.82) is 0 Å². The van der Waals surface area contributed by atoms with Gasteiger partial charge in [0.2, 0.25) is 0 Å². The summed E-state index contributed by atoms with van der Waals surface area (Å²) in [5, 5.41) is 0. The zero-order chi connectivity index (χ0) is 23.2. The number of hydrogen-bond donors (Lipinski definition) is 0. The molecule has 178 valence electrons. The van der Waals surface area contributed by atoms with Crippen LogP contribution < -0.4 is 4.74 Å². The SMILES string of the molecule is CCCCCc1ccc(-c2ccc(OC(=O)C34CCC(CCCCC)(CC3)CC4)cc2)cc1. The number of carbonyl (C=O) groups is 1. The van der Waals surface area contributed by atoms with Crippen LogP contribution in [0.4, 0.5) is 0 Å². The Labute approximate surface area is 201 Å². The topological polar surface area (TPSA) is 26.3 Å². The molecule has 2 heteroatoms. The van der Waals surface area contributed by atoms with Crippen LogP contribution in [0.3, 0.4) is 0 Å². The highest BCUT2D eigenvalue weighted by molar-refractivity contribution is 5.80. The zero-order valence-electron chi connectivity index (χ0n) is 20.8. The van der Waals surface area contributed by atoms with Crippen molar-refractivity contribution < 1.29 is 9.53 Å². The second-order valence-electron chi connectivity index (χ2n) is 10.8. The molecule has 2 nitrogen and oxygen atoms in total. The van der Waals surface area contributed by atoms with E-state index in [-0.39, 0.29) is 11.4 Å². The smallest absolute Gasteiger partial charge is 0.317 e. The van der Waals surface area contributed by atoms with Gasteiger partial charge in [-0.3, -0.25) is 4.79 Å². The summed E-state index contributed by atoms with van der Waals surface area (Å²) in [7, 11) is 0. The largest absolute Gasteiger partial charge is 0.426 e. The molecule has 0 aliphatic heterocycles. The molecule has 2 bridgehead atoms. The van der Waals surface area contributed by atoms with Crippen LogP contribution in [-0.4, -0.2) is 5.97 Å². The molecule has 3 saturated carbocycles. The molecule has 0 N–H and O–H groups in total. The van der Waals surface area contributed by atoms with Gasteiger partial charge in [-0.2, -0.15) is 0 Å². The highest BCUT2D eigenvalue weighted by Gasteiger charge is 2.52. The number of benzene rings is 2. The van der Waals surface area contributed by atoms with E-state index in [0.717, 1.165) is 25.7 Å². The second kappa shape index (κ2) is 10.9. The number of ether oxygens (including phenoxy) is 1. The van der Waals surface area contributed by atoms with Gasteiger partial charge in [-0.15, -0.1) is 0 Å². The van der Waals surface area contributed by atoms with Gasteiger partial charge in [0.15, 0.2) is 0 Å². The Morgan fingerprint density at radius 1 is 0.727 bits per heavy atom. The lowest BCUT2D eigenvalue weighted by atomic mass is 9.52. The lowest BCUT2D eigenvalue weighted by Gasteiger charge is -2.52. The molecule has 0 unspecified atom stereocenters. The van der Waals surface area contributed by atoms with Crippen LogP contribution in [0.5, 0.6) is 5.75 Å². The second-order valence-corrected chi connectivity index (χ2v) is 10.8. The number of aryl methyl sites for hydroxylation is 1. The summed E-state index contributed by atoms with van der Waals surface area (Å²) >= 11 is 0. The predicted octanol–water partition coefficient (Wildman–Crippen LogP) is 8.91. The highest BCUT2D eigenvalue weighted by Crippen LogP contribution is 2.59. The van der Waals surface area contributed by atoms with Crippen LogP contribution in [0.25, 0.3) is 11.1 Å². The van der Waals surface area contributed by atoms with Gasteiger partial charge in [0, 0.05) is 0 Å². The molecule has 0 spiro atoms. The van der Waals surface area contributed by atoms with Gasteiger partial charge < -0.3 is 4.74 Å². The van der Waals surface area contributed by atoms with Crippen LogP contribution in [0.1, 0.15) is 103 Å². The molecule has 0 saturated heterocycles. The summed E-state index contributed by atoms with van der Waals surface area (Å²) in [5.41, 5.74) is 4.07. The van der Waals surface area contributed by atoms with Crippen molar-refractivity contribution in [3.63, 3.8) is 0 Å². The van der Waals surface area contributed by atoms with Gasteiger partial charge in [0.1, 0.15) is 5.75 Å². The average molecular weight is 447 g/mol. The van der Waals surface area contributed by atoms with Gasteiger partial charge in [-0.1, -0.05) is 82.3 Å². The van der Waals surface area contributed by atoms with E-state index in [1.54, 1.807) is 0 Å². The van der Waals surface area contributed by atoms with Gasteiger partial charge in [-0.25, -0.2) is 0 Å². The standard InChI is InChI=1S/C31H42O2/c1-3-5-7-9-25-10-12-26(13-11-25)27-14-16-28(17-15-27)33-29(32)31-22-19-30(20-23-31,21-24-31)18-8-6-4-2/h10-17H,3-9,18-24H2,1-2H3. The molecule has 0 radical (unpaired) electrons. The summed E-state index contributed by atoms with van der Waals surface area (Å²) in [5.74, 6) is 0.688. The summed E-state index contributed by atoms with van der Waals surface area (Å²) < 4.78 is 5.93. The molecule has 0 atom stereocenters. The molecule has 2 aromatic carbocycles. The third kappa shape index (κ3) is 5.70. The molecule has 33 heavy (non-hydrogen) atoms. The number of unbranched alkanes of at least 4 members (excludes halogenated alkanes) is 4. The maximum atomic E-state index is 13.2. The fraction of sp³-hybridized carbons (Fsp3) is 0.581. The van der Waals surface area contributed by atoms with Crippen molar-refractivity contribution in [2.24, 2.45) is 10.8 Å². The molecule has 3 fully saturated rings. The summed E-state index contributed by atoms with van der Waals surface area (Å²) in [6, 6.07) is 17.0. The van der Waals surface area contributed by atoms with Crippen molar-refractivity contribution >= 4 is 5.97 Å². The Hall–Kier alpha value is -2.09. The normalized spacial score (nSPS) is 24.1. The van der Waals surface area contributed by atoms with Crippen molar-refractivity contribution in [2.75, 3.05) is 0 Å². The van der Waals surface area contributed by atoms with E-state index in [1.807, 2.05) is 12.1 Å². The third-order valence-electron chi connectivity index (χ3n) is 8.57. The van der Waals surface area contributed by atoms with Crippen LogP contribution >= 0.6 is 0 Å². The average Bonchev–Trinajstić information content (AvgIpc) is 2.86.